The van der Waals surface area contributed by atoms with Crippen molar-refractivity contribution in [2.45, 2.75) is 334 Å². The minimum atomic E-state index is -0.666. The van der Waals surface area contributed by atoms with Gasteiger partial charge in [-0.15, -0.1) is 0 Å². The van der Waals surface area contributed by atoms with Crippen LogP contribution in [0.4, 0.5) is 0 Å². The number of carbonyl (C=O) groups excluding carboxylic acids is 2. The van der Waals surface area contributed by atoms with Crippen molar-refractivity contribution in [2.75, 3.05) is 13.2 Å². The third kappa shape index (κ3) is 51.7. The summed E-state index contributed by atoms with van der Waals surface area (Å²) < 4.78 is 5.48. The number of ether oxygens (including phenoxy) is 1. The summed E-state index contributed by atoms with van der Waals surface area (Å²) in [6, 6.07) is -0.544. The fourth-order valence-corrected chi connectivity index (χ4v) is 9.20. The van der Waals surface area contributed by atoms with Crippen LogP contribution in [-0.4, -0.2) is 47.4 Å². The summed E-state index contributed by atoms with van der Waals surface area (Å²) >= 11 is 0. The van der Waals surface area contributed by atoms with E-state index in [1.54, 1.807) is 0 Å². The molecule has 0 aliphatic carbocycles. The molecule has 2 atom stereocenters. The van der Waals surface area contributed by atoms with E-state index in [1.807, 2.05) is 0 Å². The van der Waals surface area contributed by atoms with Gasteiger partial charge in [0.15, 0.2) is 0 Å². The molecule has 0 aromatic heterocycles. The number of aliphatic hydroxyl groups excluding tert-OH is 2. The van der Waals surface area contributed by atoms with E-state index in [0.29, 0.717) is 25.9 Å². The number of carbonyl (C=O) groups is 2. The van der Waals surface area contributed by atoms with E-state index in [9.17, 15) is 19.8 Å². The number of esters is 1. The number of nitrogens with one attached hydrogen (secondary N) is 1. The molecule has 0 fully saturated rings. The molecule has 0 spiro atoms. The van der Waals surface area contributed by atoms with Crippen molar-refractivity contribution in [2.24, 2.45) is 0 Å². The van der Waals surface area contributed by atoms with Crippen LogP contribution in [0.1, 0.15) is 322 Å². The summed E-state index contributed by atoms with van der Waals surface area (Å²) in [5.74, 6) is -0.0309. The average Bonchev–Trinajstić information content (AvgIpc) is 3.32. The van der Waals surface area contributed by atoms with Gasteiger partial charge in [0.25, 0.3) is 0 Å². The lowest BCUT2D eigenvalue weighted by atomic mass is 10.0. The molecule has 0 aromatic rings. The van der Waals surface area contributed by atoms with E-state index >= 15 is 0 Å². The standard InChI is InChI=1S/C60H115NO5/c1-3-5-7-9-11-13-15-16-31-34-38-42-46-50-54-60(65)66-55-51-47-43-39-35-32-29-27-25-23-21-19-17-18-20-22-24-26-28-30-33-37-41-45-49-53-59(64)61-57(56-62)58(63)52-48-44-40-36-14-12-10-8-6-4-2/h18-21,57-58,62-63H,3-17,22-56H2,1-2H3,(H,61,64)/b20-18-,21-19-. The summed E-state index contributed by atoms with van der Waals surface area (Å²) in [4.78, 5) is 24.5. The maximum atomic E-state index is 12.4. The maximum absolute atomic E-state index is 12.4. The van der Waals surface area contributed by atoms with Gasteiger partial charge in [-0.05, 0) is 57.8 Å². The molecule has 0 aromatic carbocycles. The van der Waals surface area contributed by atoms with Crippen LogP contribution in [0.5, 0.6) is 0 Å². The number of aliphatic hydroxyl groups is 2. The number of amides is 1. The number of hydrogen-bond acceptors (Lipinski definition) is 5. The fraction of sp³-hybridized carbons (Fsp3) is 0.900. The van der Waals surface area contributed by atoms with Crippen LogP contribution in [0.2, 0.25) is 0 Å². The van der Waals surface area contributed by atoms with Crippen molar-refractivity contribution in [3.63, 3.8) is 0 Å². The molecule has 6 heteroatoms. The Bertz CT molecular complexity index is 1030. The molecule has 6 nitrogen and oxygen atoms in total. The molecule has 0 rings (SSSR count). The Morgan fingerprint density at radius 1 is 0.424 bits per heavy atom. The topological polar surface area (TPSA) is 95.9 Å². The van der Waals surface area contributed by atoms with Crippen molar-refractivity contribution < 1.29 is 24.5 Å². The molecule has 66 heavy (non-hydrogen) atoms. The van der Waals surface area contributed by atoms with Crippen LogP contribution >= 0.6 is 0 Å². The first-order chi connectivity index (χ1) is 32.5. The normalized spacial score (nSPS) is 12.7. The van der Waals surface area contributed by atoms with Crippen LogP contribution in [0.25, 0.3) is 0 Å². The predicted molar refractivity (Wildman–Crippen MR) is 287 cm³/mol. The van der Waals surface area contributed by atoms with E-state index in [4.69, 9.17) is 4.74 Å². The van der Waals surface area contributed by atoms with Crippen LogP contribution in [0.3, 0.4) is 0 Å². The van der Waals surface area contributed by atoms with E-state index in [-0.39, 0.29) is 18.5 Å². The first kappa shape index (κ1) is 64.3. The van der Waals surface area contributed by atoms with Gasteiger partial charge in [-0.25, -0.2) is 0 Å². The average molecular weight is 931 g/mol. The zero-order chi connectivity index (χ0) is 47.9. The fourth-order valence-electron chi connectivity index (χ4n) is 9.20. The highest BCUT2D eigenvalue weighted by atomic mass is 16.5. The zero-order valence-electron chi connectivity index (χ0n) is 44.4. The van der Waals surface area contributed by atoms with Gasteiger partial charge in [-0.1, -0.05) is 276 Å². The van der Waals surface area contributed by atoms with Crippen molar-refractivity contribution in [3.05, 3.63) is 24.3 Å². The molecular weight excluding hydrogens is 815 g/mol. The van der Waals surface area contributed by atoms with Gasteiger partial charge >= 0.3 is 5.97 Å². The number of allylic oxidation sites excluding steroid dienone is 4. The molecule has 3 N–H and O–H groups in total. The lowest BCUT2D eigenvalue weighted by molar-refractivity contribution is -0.143. The Labute approximate surface area is 411 Å². The summed E-state index contributed by atoms with van der Waals surface area (Å²) in [5, 5.41) is 23.1. The molecule has 0 aliphatic heterocycles. The van der Waals surface area contributed by atoms with E-state index in [2.05, 4.69) is 43.5 Å². The van der Waals surface area contributed by atoms with Crippen LogP contribution < -0.4 is 5.32 Å². The maximum Gasteiger partial charge on any atom is 0.305 e. The Balaban J connectivity index is 3.40. The third-order valence-corrected chi connectivity index (χ3v) is 13.8. The van der Waals surface area contributed by atoms with Gasteiger partial charge in [0.05, 0.1) is 25.4 Å². The molecular formula is C60H115NO5. The molecule has 0 aliphatic rings. The highest BCUT2D eigenvalue weighted by molar-refractivity contribution is 5.76. The summed E-state index contributed by atoms with van der Waals surface area (Å²) in [6.45, 7) is 4.94. The SMILES string of the molecule is CCCCCCCCCCCCCCCCC(=O)OCCCCCCCCCCC/C=C\C/C=C\CCCCCCCCCCCC(=O)NC(CO)C(O)CCCCCCCCCCCC. The number of unbranched alkanes of at least 4 members (excludes halogenated alkanes) is 40. The first-order valence-electron chi connectivity index (χ1n) is 29.6. The van der Waals surface area contributed by atoms with Crippen LogP contribution in [0.15, 0.2) is 24.3 Å². The Morgan fingerprint density at radius 3 is 1.15 bits per heavy atom. The van der Waals surface area contributed by atoms with Crippen LogP contribution in [-0.2, 0) is 14.3 Å². The summed E-state index contributed by atoms with van der Waals surface area (Å²) in [6.07, 6.45) is 67.6. The second-order valence-electron chi connectivity index (χ2n) is 20.3. The van der Waals surface area contributed by atoms with E-state index in [0.717, 1.165) is 44.9 Å². The Hall–Kier alpha value is -1.66. The Kier molecular flexibility index (Phi) is 54.5. The molecule has 2 unspecified atom stereocenters. The molecule has 0 saturated carbocycles. The molecule has 1 amide bonds. The van der Waals surface area contributed by atoms with Gasteiger partial charge in [0.1, 0.15) is 0 Å². The van der Waals surface area contributed by atoms with Crippen LogP contribution in [0, 0.1) is 0 Å². The van der Waals surface area contributed by atoms with Crippen molar-refractivity contribution >= 4 is 11.9 Å². The molecule has 0 saturated heterocycles. The minimum Gasteiger partial charge on any atom is -0.466 e. The van der Waals surface area contributed by atoms with E-state index < -0.39 is 12.1 Å². The van der Waals surface area contributed by atoms with Crippen molar-refractivity contribution in [1.82, 2.24) is 5.32 Å². The zero-order valence-corrected chi connectivity index (χ0v) is 44.4. The predicted octanol–water partition coefficient (Wildman–Crippen LogP) is 18.2. The van der Waals surface area contributed by atoms with Crippen molar-refractivity contribution in [3.8, 4) is 0 Å². The third-order valence-electron chi connectivity index (χ3n) is 13.8. The monoisotopic (exact) mass is 930 g/mol. The molecule has 390 valence electrons. The number of hydrogen-bond donors (Lipinski definition) is 3. The number of rotatable bonds is 55. The summed E-state index contributed by atoms with van der Waals surface area (Å²) in [7, 11) is 0. The second-order valence-corrected chi connectivity index (χ2v) is 20.3. The smallest absolute Gasteiger partial charge is 0.305 e. The van der Waals surface area contributed by atoms with Gasteiger partial charge < -0.3 is 20.3 Å². The van der Waals surface area contributed by atoms with Gasteiger partial charge in [-0.3, -0.25) is 9.59 Å². The molecule has 0 radical (unpaired) electrons. The molecule has 0 heterocycles. The lowest BCUT2D eigenvalue weighted by Crippen LogP contribution is -2.45. The van der Waals surface area contributed by atoms with Gasteiger partial charge in [0.2, 0.25) is 5.91 Å². The van der Waals surface area contributed by atoms with Crippen molar-refractivity contribution in [1.29, 1.82) is 0 Å². The van der Waals surface area contributed by atoms with Gasteiger partial charge in [-0.2, -0.15) is 0 Å². The second kappa shape index (κ2) is 55.9. The highest BCUT2D eigenvalue weighted by Crippen LogP contribution is 2.17. The van der Waals surface area contributed by atoms with Gasteiger partial charge in [0, 0.05) is 12.8 Å². The summed E-state index contributed by atoms with van der Waals surface area (Å²) in [5.41, 5.74) is 0. The lowest BCUT2D eigenvalue weighted by Gasteiger charge is -2.22. The largest absolute Gasteiger partial charge is 0.466 e. The quantitative estimate of drug-likeness (QED) is 0.0321. The molecule has 0 bridgehead atoms. The van der Waals surface area contributed by atoms with E-state index in [1.165, 1.54) is 244 Å². The minimum absolute atomic E-state index is 0.0113. The first-order valence-corrected chi connectivity index (χ1v) is 29.6. The Morgan fingerprint density at radius 2 is 0.758 bits per heavy atom. The highest BCUT2D eigenvalue weighted by Gasteiger charge is 2.20.